The molecule has 3 rings (SSSR count). The molecule has 104 valence electrons. The van der Waals surface area contributed by atoms with Crippen LogP contribution in [0.15, 0.2) is 54.9 Å². The van der Waals surface area contributed by atoms with E-state index in [4.69, 9.17) is 0 Å². The first-order chi connectivity index (χ1) is 9.78. The van der Waals surface area contributed by atoms with Crippen molar-refractivity contribution in [3.63, 3.8) is 0 Å². The van der Waals surface area contributed by atoms with Crippen LogP contribution < -0.4 is 0 Å². The SMILES string of the molecule is O[C@]1(Cc2ccncc2)CCCC[C@H]1c1ccccc1. The van der Waals surface area contributed by atoms with Gasteiger partial charge in [0.2, 0.25) is 0 Å². The van der Waals surface area contributed by atoms with E-state index < -0.39 is 5.60 Å². The molecular formula is C18H21NO. The Labute approximate surface area is 120 Å². The van der Waals surface area contributed by atoms with Crippen molar-refractivity contribution in [3.8, 4) is 0 Å². The van der Waals surface area contributed by atoms with Gasteiger partial charge in [-0.2, -0.15) is 0 Å². The van der Waals surface area contributed by atoms with Crippen LogP contribution in [0, 0.1) is 0 Å². The maximum absolute atomic E-state index is 11.2. The molecule has 0 radical (unpaired) electrons. The van der Waals surface area contributed by atoms with E-state index in [1.165, 1.54) is 17.5 Å². The van der Waals surface area contributed by atoms with E-state index in [-0.39, 0.29) is 5.92 Å². The van der Waals surface area contributed by atoms with Crippen molar-refractivity contribution in [2.45, 2.75) is 43.6 Å². The first-order valence-electron chi connectivity index (χ1n) is 7.44. The number of hydrogen-bond donors (Lipinski definition) is 1. The second kappa shape index (κ2) is 5.76. The Hall–Kier alpha value is -1.67. The molecule has 2 nitrogen and oxygen atoms in total. The van der Waals surface area contributed by atoms with Crippen LogP contribution in [-0.2, 0) is 6.42 Å². The molecule has 1 fully saturated rings. The zero-order chi connectivity index (χ0) is 13.8. The standard InChI is InChI=1S/C18H21NO/c20-18(14-15-9-12-19-13-10-15)11-5-4-8-17(18)16-6-2-1-3-7-16/h1-3,6-7,9-10,12-13,17,20H,4-5,8,11,14H2/t17-,18-/m0/s1. The van der Waals surface area contributed by atoms with Gasteiger partial charge in [0.1, 0.15) is 0 Å². The monoisotopic (exact) mass is 267 g/mol. The molecule has 0 amide bonds. The highest BCUT2D eigenvalue weighted by atomic mass is 16.3. The van der Waals surface area contributed by atoms with Gasteiger partial charge in [-0.3, -0.25) is 4.98 Å². The summed E-state index contributed by atoms with van der Waals surface area (Å²) in [5.74, 6) is 0.241. The first kappa shape index (κ1) is 13.3. The van der Waals surface area contributed by atoms with E-state index in [1.54, 1.807) is 12.4 Å². The maximum atomic E-state index is 11.2. The minimum atomic E-state index is -0.624. The van der Waals surface area contributed by atoms with Crippen molar-refractivity contribution >= 4 is 0 Å². The number of benzene rings is 1. The Balaban J connectivity index is 1.88. The number of hydrogen-bond acceptors (Lipinski definition) is 2. The maximum Gasteiger partial charge on any atom is 0.0756 e. The van der Waals surface area contributed by atoms with Crippen LogP contribution in [0.2, 0.25) is 0 Å². The minimum Gasteiger partial charge on any atom is -0.389 e. The van der Waals surface area contributed by atoms with Crippen molar-refractivity contribution in [2.24, 2.45) is 0 Å². The molecule has 0 bridgehead atoms. The van der Waals surface area contributed by atoms with Gasteiger partial charge in [0.05, 0.1) is 5.60 Å². The van der Waals surface area contributed by atoms with Gasteiger partial charge in [-0.05, 0) is 36.1 Å². The predicted molar refractivity (Wildman–Crippen MR) is 80.5 cm³/mol. The Morgan fingerprint density at radius 1 is 1.05 bits per heavy atom. The van der Waals surface area contributed by atoms with Gasteiger partial charge >= 0.3 is 0 Å². The first-order valence-corrected chi connectivity index (χ1v) is 7.44. The fourth-order valence-corrected chi connectivity index (χ4v) is 3.45. The lowest BCUT2D eigenvalue weighted by Gasteiger charge is -2.40. The second-order valence-corrected chi connectivity index (χ2v) is 5.84. The number of nitrogens with zero attached hydrogens (tertiary/aromatic N) is 1. The fourth-order valence-electron chi connectivity index (χ4n) is 3.45. The summed E-state index contributed by atoms with van der Waals surface area (Å²) >= 11 is 0. The van der Waals surface area contributed by atoms with Crippen LogP contribution in [0.4, 0.5) is 0 Å². The third-order valence-corrected chi connectivity index (χ3v) is 4.46. The molecule has 0 aliphatic heterocycles. The molecule has 1 aliphatic carbocycles. The summed E-state index contributed by atoms with van der Waals surface area (Å²) in [6.07, 6.45) is 8.61. The van der Waals surface area contributed by atoms with Crippen LogP contribution in [0.25, 0.3) is 0 Å². The zero-order valence-electron chi connectivity index (χ0n) is 11.7. The van der Waals surface area contributed by atoms with E-state index in [9.17, 15) is 5.11 Å². The van der Waals surface area contributed by atoms with Gasteiger partial charge in [0, 0.05) is 24.7 Å². The number of aliphatic hydroxyl groups is 1. The van der Waals surface area contributed by atoms with Gasteiger partial charge in [-0.1, -0.05) is 43.2 Å². The van der Waals surface area contributed by atoms with Crippen LogP contribution in [0.5, 0.6) is 0 Å². The lowest BCUT2D eigenvalue weighted by atomic mass is 9.69. The van der Waals surface area contributed by atoms with Crippen LogP contribution in [-0.4, -0.2) is 15.7 Å². The molecule has 1 N–H and O–H groups in total. The van der Waals surface area contributed by atoms with Crippen molar-refractivity contribution < 1.29 is 5.11 Å². The molecule has 0 unspecified atom stereocenters. The molecule has 2 atom stereocenters. The molecular weight excluding hydrogens is 246 g/mol. The van der Waals surface area contributed by atoms with E-state index in [0.29, 0.717) is 0 Å². The van der Waals surface area contributed by atoms with Gasteiger partial charge in [0.25, 0.3) is 0 Å². The quantitative estimate of drug-likeness (QED) is 0.919. The summed E-state index contributed by atoms with van der Waals surface area (Å²) < 4.78 is 0. The molecule has 1 saturated carbocycles. The van der Waals surface area contributed by atoms with E-state index >= 15 is 0 Å². The highest BCUT2D eigenvalue weighted by Crippen LogP contribution is 2.42. The number of rotatable bonds is 3. The summed E-state index contributed by atoms with van der Waals surface area (Å²) in [5, 5.41) is 11.2. The fraction of sp³-hybridized carbons (Fsp3) is 0.389. The predicted octanol–water partition coefficient (Wildman–Crippen LogP) is 3.71. The lowest BCUT2D eigenvalue weighted by Crippen LogP contribution is -2.41. The number of aromatic nitrogens is 1. The molecule has 0 saturated heterocycles. The summed E-state index contributed by atoms with van der Waals surface area (Å²) in [6.45, 7) is 0. The molecule has 2 heteroatoms. The van der Waals surface area contributed by atoms with Crippen molar-refractivity contribution in [1.82, 2.24) is 4.98 Å². The van der Waals surface area contributed by atoms with Gasteiger partial charge in [0.15, 0.2) is 0 Å². The van der Waals surface area contributed by atoms with Gasteiger partial charge in [-0.15, -0.1) is 0 Å². The summed E-state index contributed by atoms with van der Waals surface area (Å²) in [6, 6.07) is 14.5. The van der Waals surface area contributed by atoms with E-state index in [1.807, 2.05) is 18.2 Å². The molecule has 1 heterocycles. The van der Waals surface area contributed by atoms with E-state index in [0.717, 1.165) is 25.7 Å². The summed E-state index contributed by atoms with van der Waals surface area (Å²) in [5.41, 5.74) is 1.81. The molecule has 1 aliphatic rings. The zero-order valence-corrected chi connectivity index (χ0v) is 11.7. The topological polar surface area (TPSA) is 33.1 Å². The largest absolute Gasteiger partial charge is 0.389 e. The summed E-state index contributed by atoms with van der Waals surface area (Å²) in [4.78, 5) is 4.06. The Kier molecular flexibility index (Phi) is 3.83. The Morgan fingerprint density at radius 3 is 2.55 bits per heavy atom. The molecule has 0 spiro atoms. The Bertz CT molecular complexity index is 540. The van der Waals surface area contributed by atoms with Gasteiger partial charge in [-0.25, -0.2) is 0 Å². The average molecular weight is 267 g/mol. The lowest BCUT2D eigenvalue weighted by molar-refractivity contribution is -0.0167. The highest BCUT2D eigenvalue weighted by molar-refractivity contribution is 5.26. The van der Waals surface area contributed by atoms with Crippen LogP contribution in [0.1, 0.15) is 42.7 Å². The molecule has 2 aromatic rings. The average Bonchev–Trinajstić information content (AvgIpc) is 2.49. The molecule has 20 heavy (non-hydrogen) atoms. The highest BCUT2D eigenvalue weighted by Gasteiger charge is 2.39. The van der Waals surface area contributed by atoms with Crippen LogP contribution in [0.3, 0.4) is 0 Å². The summed E-state index contributed by atoms with van der Waals surface area (Å²) in [7, 11) is 0. The second-order valence-electron chi connectivity index (χ2n) is 5.84. The minimum absolute atomic E-state index is 0.241. The van der Waals surface area contributed by atoms with Crippen molar-refractivity contribution in [1.29, 1.82) is 0 Å². The van der Waals surface area contributed by atoms with Crippen LogP contribution >= 0.6 is 0 Å². The molecule has 1 aromatic carbocycles. The normalized spacial score (nSPS) is 26.4. The van der Waals surface area contributed by atoms with Gasteiger partial charge < -0.3 is 5.11 Å². The molecule has 1 aromatic heterocycles. The van der Waals surface area contributed by atoms with Crippen molar-refractivity contribution in [3.05, 3.63) is 66.0 Å². The van der Waals surface area contributed by atoms with E-state index in [2.05, 4.69) is 29.2 Å². The third kappa shape index (κ3) is 2.75. The smallest absolute Gasteiger partial charge is 0.0756 e. The third-order valence-electron chi connectivity index (χ3n) is 4.46. The Morgan fingerprint density at radius 2 is 1.80 bits per heavy atom. The van der Waals surface area contributed by atoms with Crippen molar-refractivity contribution in [2.75, 3.05) is 0 Å². The number of pyridine rings is 1.